The highest BCUT2D eigenvalue weighted by molar-refractivity contribution is 9.10. The van der Waals surface area contributed by atoms with E-state index in [9.17, 15) is 0 Å². The van der Waals surface area contributed by atoms with Gasteiger partial charge in [0.25, 0.3) is 0 Å². The van der Waals surface area contributed by atoms with Gasteiger partial charge >= 0.3 is 0 Å². The Balaban J connectivity index is 2.03. The van der Waals surface area contributed by atoms with E-state index in [0.29, 0.717) is 6.04 Å². The molecule has 2 N–H and O–H groups in total. The Morgan fingerprint density at radius 1 is 1.22 bits per heavy atom. The number of benzene rings is 1. The molecule has 0 saturated carbocycles. The number of hydrogen-bond acceptors (Lipinski definition) is 3. The van der Waals surface area contributed by atoms with Gasteiger partial charge in [0.15, 0.2) is 0 Å². The molecule has 2 heterocycles. The number of nitrogens with zero attached hydrogens (tertiary/aromatic N) is 2. The predicted octanol–water partition coefficient (Wildman–Crippen LogP) is 2.92. The van der Waals surface area contributed by atoms with E-state index >= 15 is 0 Å². The Morgan fingerprint density at radius 2 is 2.00 bits per heavy atom. The fourth-order valence-corrected chi connectivity index (χ4v) is 2.88. The summed E-state index contributed by atoms with van der Waals surface area (Å²) in [6.07, 6.45) is 4.02. The SMILES string of the molecule is NC1CCN(c2ccnc3ccc(Br)cc23)CC1. The third-order valence-electron chi connectivity index (χ3n) is 3.56. The highest BCUT2D eigenvalue weighted by atomic mass is 79.9. The summed E-state index contributed by atoms with van der Waals surface area (Å²) in [7, 11) is 0. The van der Waals surface area contributed by atoms with Crippen LogP contribution in [0.3, 0.4) is 0 Å². The lowest BCUT2D eigenvalue weighted by atomic mass is 10.0. The smallest absolute Gasteiger partial charge is 0.0723 e. The predicted molar refractivity (Wildman–Crippen MR) is 78.9 cm³/mol. The van der Waals surface area contributed by atoms with Crippen LogP contribution in [0.15, 0.2) is 34.9 Å². The molecule has 0 amide bonds. The van der Waals surface area contributed by atoms with Crippen LogP contribution in [0.25, 0.3) is 10.9 Å². The Morgan fingerprint density at radius 3 is 2.78 bits per heavy atom. The number of fused-ring (bicyclic) bond motifs is 1. The molecule has 1 aliphatic rings. The fraction of sp³-hybridized carbons (Fsp3) is 0.357. The molecule has 1 saturated heterocycles. The number of aromatic nitrogens is 1. The van der Waals surface area contributed by atoms with E-state index in [1.54, 1.807) is 0 Å². The second-order valence-electron chi connectivity index (χ2n) is 4.82. The zero-order valence-corrected chi connectivity index (χ0v) is 11.7. The molecule has 1 aromatic heterocycles. The molecule has 0 spiro atoms. The molecular formula is C14H16BrN3. The molecule has 4 heteroatoms. The van der Waals surface area contributed by atoms with Crippen molar-refractivity contribution in [1.82, 2.24) is 4.98 Å². The summed E-state index contributed by atoms with van der Waals surface area (Å²) < 4.78 is 1.10. The van der Waals surface area contributed by atoms with Gasteiger partial charge in [-0.3, -0.25) is 4.98 Å². The summed E-state index contributed by atoms with van der Waals surface area (Å²) in [6, 6.07) is 8.70. The largest absolute Gasteiger partial charge is 0.371 e. The van der Waals surface area contributed by atoms with Gasteiger partial charge in [0.1, 0.15) is 0 Å². The summed E-state index contributed by atoms with van der Waals surface area (Å²) in [5.41, 5.74) is 8.28. The first-order valence-electron chi connectivity index (χ1n) is 6.29. The van der Waals surface area contributed by atoms with Crippen LogP contribution in [0.2, 0.25) is 0 Å². The standard InChI is InChI=1S/C14H16BrN3/c15-10-1-2-13-12(9-10)14(3-6-17-13)18-7-4-11(16)5-8-18/h1-3,6,9,11H,4-5,7-8,16H2. The third kappa shape index (κ3) is 2.22. The first-order valence-corrected chi connectivity index (χ1v) is 7.08. The number of nitrogens with two attached hydrogens (primary N) is 1. The average Bonchev–Trinajstić information content (AvgIpc) is 2.39. The minimum absolute atomic E-state index is 0.362. The first kappa shape index (κ1) is 11.9. The van der Waals surface area contributed by atoms with E-state index in [1.807, 2.05) is 12.3 Å². The minimum atomic E-state index is 0.362. The van der Waals surface area contributed by atoms with Gasteiger partial charge in [-0.25, -0.2) is 0 Å². The molecule has 0 radical (unpaired) electrons. The zero-order chi connectivity index (χ0) is 12.5. The van der Waals surface area contributed by atoms with E-state index in [-0.39, 0.29) is 0 Å². The number of hydrogen-bond donors (Lipinski definition) is 1. The number of piperidine rings is 1. The molecule has 94 valence electrons. The Bertz CT molecular complexity index is 562. The van der Waals surface area contributed by atoms with E-state index in [1.165, 1.54) is 11.1 Å². The molecule has 3 rings (SSSR count). The van der Waals surface area contributed by atoms with Gasteiger partial charge in [0, 0.05) is 40.9 Å². The molecule has 1 aliphatic heterocycles. The highest BCUT2D eigenvalue weighted by Gasteiger charge is 2.18. The molecule has 1 aromatic carbocycles. The Kier molecular flexibility index (Phi) is 3.22. The quantitative estimate of drug-likeness (QED) is 0.881. The monoisotopic (exact) mass is 305 g/mol. The number of halogens is 1. The van der Waals surface area contributed by atoms with Gasteiger partial charge in [-0.05, 0) is 37.1 Å². The lowest BCUT2D eigenvalue weighted by Gasteiger charge is -2.32. The van der Waals surface area contributed by atoms with Crippen LogP contribution in [0.4, 0.5) is 5.69 Å². The number of anilines is 1. The van der Waals surface area contributed by atoms with Gasteiger partial charge in [-0.2, -0.15) is 0 Å². The minimum Gasteiger partial charge on any atom is -0.371 e. The van der Waals surface area contributed by atoms with Gasteiger partial charge in [-0.15, -0.1) is 0 Å². The fourth-order valence-electron chi connectivity index (χ4n) is 2.52. The average molecular weight is 306 g/mol. The van der Waals surface area contributed by atoms with Gasteiger partial charge in [0.2, 0.25) is 0 Å². The van der Waals surface area contributed by atoms with Crippen LogP contribution in [-0.2, 0) is 0 Å². The van der Waals surface area contributed by atoms with Gasteiger partial charge in [-0.1, -0.05) is 15.9 Å². The Labute approximate surface area is 115 Å². The molecule has 0 aliphatic carbocycles. The van der Waals surface area contributed by atoms with Gasteiger partial charge in [0.05, 0.1) is 5.52 Å². The van der Waals surface area contributed by atoms with Crippen LogP contribution in [0.5, 0.6) is 0 Å². The van der Waals surface area contributed by atoms with Crippen molar-refractivity contribution < 1.29 is 0 Å². The molecule has 0 unspecified atom stereocenters. The summed E-state index contributed by atoms with van der Waals surface area (Å²) in [6.45, 7) is 2.07. The second kappa shape index (κ2) is 4.86. The van der Waals surface area contributed by atoms with Crippen molar-refractivity contribution in [2.75, 3.05) is 18.0 Å². The maximum absolute atomic E-state index is 5.97. The molecule has 0 bridgehead atoms. The van der Waals surface area contributed by atoms with Crippen molar-refractivity contribution in [2.45, 2.75) is 18.9 Å². The summed E-state index contributed by atoms with van der Waals surface area (Å²) in [4.78, 5) is 6.84. The molecule has 0 atom stereocenters. The molecule has 3 nitrogen and oxygen atoms in total. The molecule has 18 heavy (non-hydrogen) atoms. The van der Waals surface area contributed by atoms with E-state index < -0.39 is 0 Å². The van der Waals surface area contributed by atoms with Crippen LogP contribution in [0.1, 0.15) is 12.8 Å². The molecule has 1 fully saturated rings. The van der Waals surface area contributed by atoms with Crippen LogP contribution in [-0.4, -0.2) is 24.1 Å². The van der Waals surface area contributed by atoms with Crippen molar-refractivity contribution in [1.29, 1.82) is 0 Å². The topological polar surface area (TPSA) is 42.1 Å². The molecular weight excluding hydrogens is 290 g/mol. The van der Waals surface area contributed by atoms with Crippen LogP contribution >= 0.6 is 15.9 Å². The normalized spacial score (nSPS) is 17.3. The van der Waals surface area contributed by atoms with E-state index in [2.05, 4.69) is 44.0 Å². The maximum Gasteiger partial charge on any atom is 0.0723 e. The molecule has 2 aromatic rings. The van der Waals surface area contributed by atoms with Crippen molar-refractivity contribution in [2.24, 2.45) is 5.73 Å². The summed E-state index contributed by atoms with van der Waals surface area (Å²) in [5.74, 6) is 0. The second-order valence-corrected chi connectivity index (χ2v) is 5.73. The maximum atomic E-state index is 5.97. The van der Waals surface area contributed by atoms with Crippen molar-refractivity contribution >= 4 is 32.5 Å². The summed E-state index contributed by atoms with van der Waals surface area (Å²) >= 11 is 3.53. The lowest BCUT2D eigenvalue weighted by molar-refractivity contribution is 0.502. The van der Waals surface area contributed by atoms with E-state index in [0.717, 1.165) is 35.9 Å². The van der Waals surface area contributed by atoms with Gasteiger partial charge < -0.3 is 10.6 Å². The highest BCUT2D eigenvalue weighted by Crippen LogP contribution is 2.29. The number of pyridine rings is 1. The third-order valence-corrected chi connectivity index (χ3v) is 4.05. The first-order chi connectivity index (χ1) is 8.74. The number of rotatable bonds is 1. The van der Waals surface area contributed by atoms with Crippen molar-refractivity contribution in [3.05, 3.63) is 34.9 Å². The lowest BCUT2D eigenvalue weighted by Crippen LogP contribution is -2.39. The van der Waals surface area contributed by atoms with E-state index in [4.69, 9.17) is 5.73 Å². The Hall–Kier alpha value is -1.13. The van der Waals surface area contributed by atoms with Crippen LogP contribution < -0.4 is 10.6 Å². The summed E-state index contributed by atoms with van der Waals surface area (Å²) in [5, 5.41) is 1.21. The zero-order valence-electron chi connectivity index (χ0n) is 10.1. The van der Waals surface area contributed by atoms with Crippen LogP contribution in [0, 0.1) is 0 Å². The van der Waals surface area contributed by atoms with Crippen molar-refractivity contribution in [3.8, 4) is 0 Å². The van der Waals surface area contributed by atoms with Crippen molar-refractivity contribution in [3.63, 3.8) is 0 Å².